The molecule has 0 saturated carbocycles. The predicted octanol–water partition coefficient (Wildman–Crippen LogP) is 4.73. The van der Waals surface area contributed by atoms with Crippen molar-refractivity contribution >= 4 is 28.8 Å². The lowest BCUT2D eigenvalue weighted by atomic mass is 9.87. The van der Waals surface area contributed by atoms with Crippen LogP contribution in [0.15, 0.2) is 42.5 Å². The first-order valence-electron chi connectivity index (χ1n) is 7.73. The van der Waals surface area contributed by atoms with Crippen molar-refractivity contribution in [2.75, 3.05) is 13.2 Å². The molecule has 2 N–H and O–H groups in total. The summed E-state index contributed by atoms with van der Waals surface area (Å²) in [5.74, 6) is 1.43. The highest BCUT2D eigenvalue weighted by Crippen LogP contribution is 2.25. The number of thiocarbonyl (C=S) groups is 1. The Hall–Kier alpha value is -1.78. The third kappa shape index (κ3) is 5.11. The number of benzene rings is 2. The summed E-state index contributed by atoms with van der Waals surface area (Å²) in [7, 11) is 0. The maximum Gasteiger partial charge on any atom is 0.129 e. The second-order valence-electron chi connectivity index (χ2n) is 6.48. The summed E-state index contributed by atoms with van der Waals surface area (Å²) < 4.78 is 11.4. The molecule has 0 fully saturated rings. The lowest BCUT2D eigenvalue weighted by Gasteiger charge is -2.19. The highest BCUT2D eigenvalue weighted by molar-refractivity contribution is 7.80. The van der Waals surface area contributed by atoms with Gasteiger partial charge in [0.2, 0.25) is 0 Å². The van der Waals surface area contributed by atoms with E-state index in [9.17, 15) is 0 Å². The van der Waals surface area contributed by atoms with Gasteiger partial charge in [-0.25, -0.2) is 0 Å². The van der Waals surface area contributed by atoms with Gasteiger partial charge in [0.05, 0.1) is 5.56 Å². The zero-order valence-electron chi connectivity index (χ0n) is 14.1. The van der Waals surface area contributed by atoms with E-state index in [1.165, 1.54) is 5.56 Å². The quantitative estimate of drug-likeness (QED) is 0.595. The van der Waals surface area contributed by atoms with Gasteiger partial charge in [-0.2, -0.15) is 0 Å². The average molecular weight is 364 g/mol. The fraction of sp³-hybridized carbons (Fsp3) is 0.316. The van der Waals surface area contributed by atoms with Crippen molar-refractivity contribution in [3.8, 4) is 11.5 Å². The second kappa shape index (κ2) is 7.86. The minimum absolute atomic E-state index is 0.132. The van der Waals surface area contributed by atoms with Crippen LogP contribution in [0.4, 0.5) is 0 Å². The molecule has 128 valence electrons. The minimum atomic E-state index is 0.132. The second-order valence-corrected chi connectivity index (χ2v) is 7.35. The van der Waals surface area contributed by atoms with Gasteiger partial charge in [-0.05, 0) is 41.3 Å². The molecule has 0 spiro atoms. The SMILES string of the molecule is CC(C)(C)c1ccc(OCCOc2ccc(Cl)cc2C(N)=S)cc1. The number of ether oxygens (including phenoxy) is 2. The van der Waals surface area contributed by atoms with E-state index in [1.807, 2.05) is 12.1 Å². The summed E-state index contributed by atoms with van der Waals surface area (Å²) in [5.41, 5.74) is 7.72. The molecule has 2 aromatic carbocycles. The van der Waals surface area contributed by atoms with Gasteiger partial charge in [0, 0.05) is 5.02 Å². The zero-order valence-corrected chi connectivity index (χ0v) is 15.7. The Morgan fingerprint density at radius 2 is 1.67 bits per heavy atom. The van der Waals surface area contributed by atoms with Gasteiger partial charge in [0.15, 0.2) is 0 Å². The molecule has 5 heteroatoms. The fourth-order valence-corrected chi connectivity index (χ4v) is 2.51. The van der Waals surface area contributed by atoms with E-state index in [-0.39, 0.29) is 10.4 Å². The van der Waals surface area contributed by atoms with Crippen LogP contribution in [0.1, 0.15) is 31.9 Å². The van der Waals surface area contributed by atoms with Crippen molar-refractivity contribution in [2.45, 2.75) is 26.2 Å². The van der Waals surface area contributed by atoms with Crippen molar-refractivity contribution in [1.82, 2.24) is 0 Å². The zero-order chi connectivity index (χ0) is 17.7. The Kier molecular flexibility index (Phi) is 6.08. The van der Waals surface area contributed by atoms with Crippen LogP contribution in [-0.4, -0.2) is 18.2 Å². The topological polar surface area (TPSA) is 44.5 Å². The van der Waals surface area contributed by atoms with Crippen LogP contribution in [-0.2, 0) is 5.41 Å². The summed E-state index contributed by atoms with van der Waals surface area (Å²) in [5, 5.41) is 0.570. The Balaban J connectivity index is 1.88. The third-order valence-electron chi connectivity index (χ3n) is 3.54. The maximum absolute atomic E-state index is 5.95. The molecule has 2 aromatic rings. The lowest BCUT2D eigenvalue weighted by Crippen LogP contribution is -2.15. The molecule has 0 radical (unpaired) electrons. The molecule has 0 bridgehead atoms. The van der Waals surface area contributed by atoms with Crippen LogP contribution < -0.4 is 15.2 Å². The summed E-state index contributed by atoms with van der Waals surface area (Å²) in [6.45, 7) is 7.36. The van der Waals surface area contributed by atoms with Gasteiger partial charge in [0.1, 0.15) is 29.7 Å². The van der Waals surface area contributed by atoms with Gasteiger partial charge in [-0.3, -0.25) is 0 Å². The smallest absolute Gasteiger partial charge is 0.129 e. The molecular formula is C19H22ClNO2S. The van der Waals surface area contributed by atoms with E-state index in [2.05, 4.69) is 32.9 Å². The fourth-order valence-electron chi connectivity index (χ4n) is 2.18. The highest BCUT2D eigenvalue weighted by Gasteiger charge is 2.13. The highest BCUT2D eigenvalue weighted by atomic mass is 35.5. The van der Waals surface area contributed by atoms with Gasteiger partial charge in [-0.15, -0.1) is 0 Å². The maximum atomic E-state index is 5.95. The van der Waals surface area contributed by atoms with E-state index >= 15 is 0 Å². The molecule has 0 aliphatic heterocycles. The van der Waals surface area contributed by atoms with Crippen LogP contribution in [0.2, 0.25) is 5.02 Å². The Morgan fingerprint density at radius 3 is 2.25 bits per heavy atom. The van der Waals surface area contributed by atoms with Gasteiger partial charge in [-0.1, -0.05) is 56.7 Å². The molecule has 0 aromatic heterocycles. The van der Waals surface area contributed by atoms with Crippen molar-refractivity contribution in [1.29, 1.82) is 0 Å². The number of halogens is 1. The van der Waals surface area contributed by atoms with E-state index < -0.39 is 0 Å². The van der Waals surface area contributed by atoms with Crippen LogP contribution in [0, 0.1) is 0 Å². The van der Waals surface area contributed by atoms with E-state index in [0.717, 1.165) is 5.75 Å². The standard InChI is InChI=1S/C19H22ClNO2S/c1-19(2,3)13-4-7-15(8-5-13)22-10-11-23-17-9-6-14(20)12-16(17)18(21)24/h4-9,12H,10-11H2,1-3H3,(H2,21,24). The third-order valence-corrected chi connectivity index (χ3v) is 3.99. The van der Waals surface area contributed by atoms with Crippen molar-refractivity contribution in [2.24, 2.45) is 5.73 Å². The number of hydrogen-bond donors (Lipinski definition) is 1. The number of rotatable bonds is 6. The molecule has 2 rings (SSSR count). The molecule has 0 heterocycles. The molecule has 3 nitrogen and oxygen atoms in total. The van der Waals surface area contributed by atoms with Gasteiger partial charge in [0.25, 0.3) is 0 Å². The van der Waals surface area contributed by atoms with Crippen LogP contribution in [0.3, 0.4) is 0 Å². The molecule has 24 heavy (non-hydrogen) atoms. The molecule has 0 atom stereocenters. The first-order valence-corrected chi connectivity index (χ1v) is 8.51. The normalized spacial score (nSPS) is 11.2. The minimum Gasteiger partial charge on any atom is -0.490 e. The largest absolute Gasteiger partial charge is 0.490 e. The molecule has 0 aliphatic rings. The molecule has 0 amide bonds. The molecule has 0 aliphatic carbocycles. The molecule has 0 unspecified atom stereocenters. The summed E-state index contributed by atoms with van der Waals surface area (Å²) in [6.07, 6.45) is 0. The van der Waals surface area contributed by atoms with Gasteiger partial charge < -0.3 is 15.2 Å². The van der Waals surface area contributed by atoms with Crippen molar-refractivity contribution < 1.29 is 9.47 Å². The van der Waals surface area contributed by atoms with Crippen molar-refractivity contribution in [3.05, 3.63) is 58.6 Å². The van der Waals surface area contributed by atoms with Crippen LogP contribution >= 0.6 is 23.8 Å². The lowest BCUT2D eigenvalue weighted by molar-refractivity contribution is 0.217. The number of hydrogen-bond acceptors (Lipinski definition) is 3. The van der Waals surface area contributed by atoms with Crippen LogP contribution in [0.5, 0.6) is 11.5 Å². The Bertz CT molecular complexity index is 708. The summed E-state index contributed by atoms with van der Waals surface area (Å²) in [4.78, 5) is 0.256. The first kappa shape index (κ1) is 18.6. The summed E-state index contributed by atoms with van der Waals surface area (Å²) in [6, 6.07) is 13.3. The Labute approximate surface area is 153 Å². The first-order chi connectivity index (χ1) is 11.3. The predicted molar refractivity (Wildman–Crippen MR) is 103 cm³/mol. The summed E-state index contributed by atoms with van der Waals surface area (Å²) >= 11 is 11.0. The van der Waals surface area contributed by atoms with E-state index in [4.69, 9.17) is 39.0 Å². The van der Waals surface area contributed by atoms with E-state index in [0.29, 0.717) is 29.5 Å². The number of nitrogens with two attached hydrogens (primary N) is 1. The average Bonchev–Trinajstić information content (AvgIpc) is 2.52. The van der Waals surface area contributed by atoms with E-state index in [1.54, 1.807) is 18.2 Å². The monoisotopic (exact) mass is 363 g/mol. The van der Waals surface area contributed by atoms with Gasteiger partial charge >= 0.3 is 0 Å². The Morgan fingerprint density at radius 1 is 1.04 bits per heavy atom. The van der Waals surface area contributed by atoms with Crippen molar-refractivity contribution in [3.63, 3.8) is 0 Å². The molecular weight excluding hydrogens is 342 g/mol. The van der Waals surface area contributed by atoms with Crippen LogP contribution in [0.25, 0.3) is 0 Å². The molecule has 0 saturated heterocycles.